The van der Waals surface area contributed by atoms with Crippen molar-refractivity contribution >= 4 is 0 Å². The quantitative estimate of drug-likeness (QED) is 0.409. The van der Waals surface area contributed by atoms with E-state index in [-0.39, 0.29) is 0 Å². The van der Waals surface area contributed by atoms with E-state index in [1.165, 1.54) is 51.4 Å². The molecule has 0 amide bonds. The minimum Gasteiger partial charge on any atom is -0.490 e. The predicted octanol–water partition coefficient (Wildman–Crippen LogP) is 5.84. The lowest BCUT2D eigenvalue weighted by Gasteiger charge is -2.14. The van der Waals surface area contributed by atoms with Gasteiger partial charge >= 0.3 is 0 Å². The van der Waals surface area contributed by atoms with Crippen LogP contribution in [0.4, 0.5) is 0 Å². The molecule has 0 saturated carbocycles. The van der Waals surface area contributed by atoms with Crippen molar-refractivity contribution < 1.29 is 9.47 Å². The Morgan fingerprint density at radius 3 is 1.79 bits per heavy atom. The molecule has 0 saturated heterocycles. The van der Waals surface area contributed by atoms with E-state index in [1.54, 1.807) is 0 Å². The van der Waals surface area contributed by atoms with Crippen molar-refractivity contribution in [1.82, 2.24) is 0 Å². The van der Waals surface area contributed by atoms with E-state index >= 15 is 0 Å². The van der Waals surface area contributed by atoms with Crippen LogP contribution < -0.4 is 15.2 Å². The highest BCUT2D eigenvalue weighted by atomic mass is 16.5. The van der Waals surface area contributed by atoms with Gasteiger partial charge in [-0.1, -0.05) is 71.3 Å². The molecule has 0 spiro atoms. The van der Waals surface area contributed by atoms with Gasteiger partial charge in [0.2, 0.25) is 0 Å². The Hall–Kier alpha value is -1.22. The molecule has 24 heavy (non-hydrogen) atoms. The van der Waals surface area contributed by atoms with Crippen molar-refractivity contribution in [1.29, 1.82) is 0 Å². The molecule has 0 fully saturated rings. The molecule has 1 aromatic rings. The van der Waals surface area contributed by atoms with Gasteiger partial charge in [-0.3, -0.25) is 0 Å². The molecule has 138 valence electrons. The Bertz CT molecular complexity index is 420. The molecule has 0 heterocycles. The molecule has 0 atom stereocenters. The molecule has 1 rings (SSSR count). The Labute approximate surface area is 148 Å². The van der Waals surface area contributed by atoms with Crippen molar-refractivity contribution in [3.63, 3.8) is 0 Å². The standard InChI is InChI=1S/C21H37NO2/c1-3-5-7-9-11-15-23-20-14-13-19(18-22)17-21(20)24-16-12-10-8-6-4-2/h13-14,17H,3-12,15-16,18,22H2,1-2H3. The summed E-state index contributed by atoms with van der Waals surface area (Å²) in [6, 6.07) is 6.06. The summed E-state index contributed by atoms with van der Waals surface area (Å²) < 4.78 is 11.9. The first kappa shape index (κ1) is 20.8. The maximum Gasteiger partial charge on any atom is 0.161 e. The Balaban J connectivity index is 2.39. The molecule has 0 aliphatic carbocycles. The first-order chi connectivity index (χ1) is 11.8. The van der Waals surface area contributed by atoms with Gasteiger partial charge in [-0.05, 0) is 30.5 Å². The van der Waals surface area contributed by atoms with Crippen molar-refractivity contribution in [2.24, 2.45) is 5.73 Å². The second-order valence-electron chi connectivity index (χ2n) is 6.51. The fraction of sp³-hybridized carbons (Fsp3) is 0.714. The normalized spacial score (nSPS) is 10.8. The van der Waals surface area contributed by atoms with E-state index in [2.05, 4.69) is 13.8 Å². The van der Waals surface area contributed by atoms with Crippen LogP contribution in [0.1, 0.15) is 83.6 Å². The van der Waals surface area contributed by atoms with Crippen LogP contribution in [0, 0.1) is 0 Å². The van der Waals surface area contributed by atoms with E-state index in [0.717, 1.165) is 43.1 Å². The molecule has 2 N–H and O–H groups in total. The summed E-state index contributed by atoms with van der Waals surface area (Å²) in [6.45, 7) is 6.52. The second-order valence-corrected chi connectivity index (χ2v) is 6.51. The van der Waals surface area contributed by atoms with E-state index in [4.69, 9.17) is 15.2 Å². The van der Waals surface area contributed by atoms with Crippen LogP contribution in [-0.2, 0) is 6.54 Å². The number of nitrogens with two attached hydrogens (primary N) is 1. The van der Waals surface area contributed by atoms with Crippen molar-refractivity contribution in [3.05, 3.63) is 23.8 Å². The molecule has 3 nitrogen and oxygen atoms in total. The summed E-state index contributed by atoms with van der Waals surface area (Å²) in [7, 11) is 0. The Kier molecular flexibility index (Phi) is 12.3. The van der Waals surface area contributed by atoms with Crippen molar-refractivity contribution in [2.45, 2.75) is 84.6 Å². The van der Waals surface area contributed by atoms with Crippen LogP contribution in [0.3, 0.4) is 0 Å². The zero-order valence-corrected chi connectivity index (χ0v) is 15.8. The largest absolute Gasteiger partial charge is 0.490 e. The fourth-order valence-corrected chi connectivity index (χ4v) is 2.69. The lowest BCUT2D eigenvalue weighted by Crippen LogP contribution is -2.04. The van der Waals surface area contributed by atoms with E-state index < -0.39 is 0 Å². The van der Waals surface area contributed by atoms with Crippen LogP contribution >= 0.6 is 0 Å². The number of rotatable bonds is 15. The topological polar surface area (TPSA) is 44.5 Å². The molecule has 0 aromatic heterocycles. The number of benzene rings is 1. The smallest absolute Gasteiger partial charge is 0.161 e. The van der Waals surface area contributed by atoms with Gasteiger partial charge in [0, 0.05) is 6.54 Å². The van der Waals surface area contributed by atoms with Gasteiger partial charge in [0.1, 0.15) is 0 Å². The van der Waals surface area contributed by atoms with Gasteiger partial charge in [-0.25, -0.2) is 0 Å². The number of ether oxygens (including phenoxy) is 2. The Morgan fingerprint density at radius 2 is 1.25 bits per heavy atom. The van der Waals surface area contributed by atoms with Crippen LogP contribution in [0.15, 0.2) is 18.2 Å². The summed E-state index contributed by atoms with van der Waals surface area (Å²) in [6.07, 6.45) is 12.5. The third-order valence-corrected chi connectivity index (χ3v) is 4.25. The monoisotopic (exact) mass is 335 g/mol. The van der Waals surface area contributed by atoms with Gasteiger partial charge in [0.25, 0.3) is 0 Å². The lowest BCUT2D eigenvalue weighted by atomic mass is 10.1. The van der Waals surface area contributed by atoms with Crippen molar-refractivity contribution in [3.8, 4) is 11.5 Å². The SMILES string of the molecule is CCCCCCCOc1ccc(CN)cc1OCCCCCCC. The highest BCUT2D eigenvalue weighted by Crippen LogP contribution is 2.29. The molecular formula is C21H37NO2. The van der Waals surface area contributed by atoms with E-state index in [9.17, 15) is 0 Å². The van der Waals surface area contributed by atoms with Crippen LogP contribution in [0.25, 0.3) is 0 Å². The van der Waals surface area contributed by atoms with Gasteiger partial charge < -0.3 is 15.2 Å². The molecule has 0 aliphatic heterocycles. The van der Waals surface area contributed by atoms with E-state index in [0.29, 0.717) is 6.54 Å². The van der Waals surface area contributed by atoms with Gasteiger partial charge in [0.15, 0.2) is 11.5 Å². The fourth-order valence-electron chi connectivity index (χ4n) is 2.69. The third kappa shape index (κ3) is 9.17. The maximum absolute atomic E-state index is 5.97. The third-order valence-electron chi connectivity index (χ3n) is 4.25. The zero-order chi connectivity index (χ0) is 17.5. The first-order valence-electron chi connectivity index (χ1n) is 9.90. The molecule has 0 bridgehead atoms. The minimum atomic E-state index is 0.532. The highest BCUT2D eigenvalue weighted by Gasteiger charge is 2.07. The minimum absolute atomic E-state index is 0.532. The number of hydrogen-bond acceptors (Lipinski definition) is 3. The van der Waals surface area contributed by atoms with Crippen molar-refractivity contribution in [2.75, 3.05) is 13.2 Å². The average Bonchev–Trinajstić information content (AvgIpc) is 2.61. The van der Waals surface area contributed by atoms with Gasteiger partial charge in [-0.15, -0.1) is 0 Å². The van der Waals surface area contributed by atoms with E-state index in [1.807, 2.05) is 18.2 Å². The molecule has 3 heteroatoms. The maximum atomic E-state index is 5.97. The molecule has 0 radical (unpaired) electrons. The molecular weight excluding hydrogens is 298 g/mol. The van der Waals surface area contributed by atoms with Crippen LogP contribution in [-0.4, -0.2) is 13.2 Å². The number of hydrogen-bond donors (Lipinski definition) is 1. The molecule has 0 aliphatic rings. The molecule has 0 unspecified atom stereocenters. The second kappa shape index (κ2) is 14.2. The number of unbranched alkanes of at least 4 members (excludes halogenated alkanes) is 8. The van der Waals surface area contributed by atoms with Crippen LogP contribution in [0.5, 0.6) is 11.5 Å². The first-order valence-corrected chi connectivity index (χ1v) is 9.90. The summed E-state index contributed by atoms with van der Waals surface area (Å²) in [5.74, 6) is 1.71. The van der Waals surface area contributed by atoms with Gasteiger partial charge in [0.05, 0.1) is 13.2 Å². The summed E-state index contributed by atoms with van der Waals surface area (Å²) in [5.41, 5.74) is 6.84. The predicted molar refractivity (Wildman–Crippen MR) is 103 cm³/mol. The summed E-state index contributed by atoms with van der Waals surface area (Å²) in [5, 5.41) is 0. The molecule has 1 aromatic carbocycles. The lowest BCUT2D eigenvalue weighted by molar-refractivity contribution is 0.258. The highest BCUT2D eigenvalue weighted by molar-refractivity contribution is 5.43. The Morgan fingerprint density at radius 1 is 0.708 bits per heavy atom. The van der Waals surface area contributed by atoms with Gasteiger partial charge in [-0.2, -0.15) is 0 Å². The van der Waals surface area contributed by atoms with Crippen LogP contribution in [0.2, 0.25) is 0 Å². The average molecular weight is 336 g/mol. The summed E-state index contributed by atoms with van der Waals surface area (Å²) in [4.78, 5) is 0. The summed E-state index contributed by atoms with van der Waals surface area (Å²) >= 11 is 0. The zero-order valence-electron chi connectivity index (χ0n) is 15.8.